The van der Waals surface area contributed by atoms with Crippen LogP contribution in [0.1, 0.15) is 65.2 Å². The maximum Gasteiger partial charge on any atom is 0.0603 e. The van der Waals surface area contributed by atoms with Crippen molar-refractivity contribution in [3.05, 3.63) is 0 Å². The Balaban J connectivity index is 1.05. The monoisotopic (exact) mass is 405 g/mol. The van der Waals surface area contributed by atoms with Gasteiger partial charge in [0.2, 0.25) is 0 Å². The molecule has 0 aromatic rings. The second-order valence-electron chi connectivity index (χ2n) is 11.2. The molecule has 0 atom stereocenters. The number of piperidine rings is 3. The summed E-state index contributed by atoms with van der Waals surface area (Å²) >= 11 is 0. The summed E-state index contributed by atoms with van der Waals surface area (Å²) in [5.41, 5.74) is 0. The molecule has 4 aliphatic rings. The van der Waals surface area contributed by atoms with Gasteiger partial charge in [-0.2, -0.15) is 0 Å². The minimum atomic E-state index is 0.538. The molecule has 4 fully saturated rings. The fraction of sp³-hybridized carbons (Fsp3) is 1.00. The lowest BCUT2D eigenvalue weighted by molar-refractivity contribution is -0.0994. The zero-order valence-corrected chi connectivity index (χ0v) is 19.5. The first-order chi connectivity index (χ1) is 14.0. The zero-order chi connectivity index (χ0) is 20.2. The predicted octanol–water partition coefficient (Wildman–Crippen LogP) is 3.96. The first kappa shape index (κ1) is 22.0. The van der Waals surface area contributed by atoms with Crippen LogP contribution >= 0.6 is 0 Å². The summed E-state index contributed by atoms with van der Waals surface area (Å²) in [5.74, 6) is 3.67. The molecule has 3 aliphatic heterocycles. The highest BCUT2D eigenvalue weighted by Crippen LogP contribution is 2.34. The Kier molecular flexibility index (Phi) is 7.93. The lowest BCUT2D eigenvalue weighted by Crippen LogP contribution is -2.46. The maximum atomic E-state index is 6.50. The van der Waals surface area contributed by atoms with Gasteiger partial charge in [-0.3, -0.25) is 0 Å². The van der Waals surface area contributed by atoms with Gasteiger partial charge in [0.15, 0.2) is 0 Å². The molecule has 4 rings (SSSR count). The topological polar surface area (TPSA) is 19.0 Å². The van der Waals surface area contributed by atoms with E-state index in [0.717, 1.165) is 23.7 Å². The van der Waals surface area contributed by atoms with Crippen LogP contribution in [0.5, 0.6) is 0 Å². The second kappa shape index (κ2) is 10.4. The van der Waals surface area contributed by atoms with Gasteiger partial charge in [0, 0.05) is 26.2 Å². The van der Waals surface area contributed by atoms with Crippen molar-refractivity contribution in [2.24, 2.45) is 23.7 Å². The van der Waals surface area contributed by atoms with Gasteiger partial charge in [-0.05, 0) is 108 Å². The van der Waals surface area contributed by atoms with E-state index in [1.807, 2.05) is 0 Å². The average molecular weight is 406 g/mol. The number of hydrogen-bond acceptors (Lipinski definition) is 4. The Hall–Kier alpha value is -0.160. The van der Waals surface area contributed by atoms with Gasteiger partial charge in [-0.1, -0.05) is 13.8 Å². The molecule has 0 amide bonds. The quantitative estimate of drug-likeness (QED) is 0.638. The summed E-state index contributed by atoms with van der Waals surface area (Å²) in [7, 11) is 2.26. The molecule has 0 N–H and O–H groups in total. The molecule has 0 bridgehead atoms. The zero-order valence-electron chi connectivity index (χ0n) is 19.5. The summed E-state index contributed by atoms with van der Waals surface area (Å²) in [6.07, 6.45) is 11.9. The molecule has 1 aliphatic carbocycles. The molecule has 3 saturated heterocycles. The van der Waals surface area contributed by atoms with Crippen LogP contribution < -0.4 is 0 Å². The fourth-order valence-electron chi connectivity index (χ4n) is 6.21. The van der Waals surface area contributed by atoms with Gasteiger partial charge in [0.1, 0.15) is 0 Å². The van der Waals surface area contributed by atoms with Gasteiger partial charge < -0.3 is 19.4 Å². The van der Waals surface area contributed by atoms with Crippen molar-refractivity contribution >= 4 is 0 Å². The molecule has 0 aromatic heterocycles. The van der Waals surface area contributed by atoms with E-state index in [4.69, 9.17) is 4.74 Å². The molecular weight excluding hydrogens is 358 g/mol. The normalized spacial score (nSPS) is 32.7. The van der Waals surface area contributed by atoms with Crippen LogP contribution in [0.3, 0.4) is 0 Å². The van der Waals surface area contributed by atoms with Crippen LogP contribution in [-0.2, 0) is 4.74 Å². The summed E-state index contributed by atoms with van der Waals surface area (Å²) in [4.78, 5) is 7.94. The Morgan fingerprint density at radius 2 is 1.24 bits per heavy atom. The largest absolute Gasteiger partial charge is 0.375 e. The third-order valence-electron chi connectivity index (χ3n) is 8.56. The van der Waals surface area contributed by atoms with Crippen molar-refractivity contribution < 1.29 is 4.74 Å². The van der Waals surface area contributed by atoms with Crippen LogP contribution in [0.4, 0.5) is 0 Å². The average Bonchev–Trinajstić information content (AvgIpc) is 2.70. The fourth-order valence-corrected chi connectivity index (χ4v) is 6.21. The number of ether oxygens (including phenoxy) is 1. The standard InChI is InChI=1S/C25H47N3O/c1-20(2)23-6-12-27(13-7-23)19-22-16-25(17-22)29-24-8-14-28(15-9-24)18-21-4-10-26(3)11-5-21/h20-25H,4-19H2,1-3H3. The first-order valence-corrected chi connectivity index (χ1v) is 12.8. The third kappa shape index (κ3) is 6.41. The molecule has 0 spiro atoms. The Bertz CT molecular complexity index is 468. The van der Waals surface area contributed by atoms with E-state index in [-0.39, 0.29) is 0 Å². The van der Waals surface area contributed by atoms with E-state index in [1.54, 1.807) is 0 Å². The lowest BCUT2D eigenvalue weighted by Gasteiger charge is -2.43. The van der Waals surface area contributed by atoms with Crippen molar-refractivity contribution in [2.45, 2.75) is 77.4 Å². The van der Waals surface area contributed by atoms with Crippen LogP contribution in [0.25, 0.3) is 0 Å². The van der Waals surface area contributed by atoms with Crippen molar-refractivity contribution in [2.75, 3.05) is 59.4 Å². The molecular formula is C25H47N3O. The number of hydrogen-bond donors (Lipinski definition) is 0. The summed E-state index contributed by atoms with van der Waals surface area (Å²) in [5, 5.41) is 0. The SMILES string of the molecule is CC(C)C1CCN(CC2CC(OC3CCN(CC4CCN(C)CC4)CC3)C2)CC1. The minimum absolute atomic E-state index is 0.538. The number of nitrogens with zero attached hydrogens (tertiary/aromatic N) is 3. The summed E-state index contributed by atoms with van der Waals surface area (Å²) in [6.45, 7) is 15.2. The van der Waals surface area contributed by atoms with Gasteiger partial charge in [-0.25, -0.2) is 0 Å². The highest BCUT2D eigenvalue weighted by Gasteiger charge is 2.35. The first-order valence-electron chi connectivity index (χ1n) is 12.8. The van der Waals surface area contributed by atoms with E-state index >= 15 is 0 Å². The molecule has 0 radical (unpaired) electrons. The van der Waals surface area contributed by atoms with E-state index in [9.17, 15) is 0 Å². The van der Waals surface area contributed by atoms with Gasteiger partial charge in [-0.15, -0.1) is 0 Å². The number of rotatable bonds is 7. The second-order valence-corrected chi connectivity index (χ2v) is 11.2. The van der Waals surface area contributed by atoms with E-state index in [0.29, 0.717) is 12.2 Å². The van der Waals surface area contributed by atoms with E-state index in [2.05, 4.69) is 35.6 Å². The Morgan fingerprint density at radius 1 is 0.690 bits per heavy atom. The summed E-state index contributed by atoms with van der Waals surface area (Å²) < 4.78 is 6.50. The molecule has 29 heavy (non-hydrogen) atoms. The molecule has 4 nitrogen and oxygen atoms in total. The van der Waals surface area contributed by atoms with E-state index < -0.39 is 0 Å². The molecule has 1 saturated carbocycles. The van der Waals surface area contributed by atoms with Crippen molar-refractivity contribution in [3.63, 3.8) is 0 Å². The molecule has 0 unspecified atom stereocenters. The van der Waals surface area contributed by atoms with Gasteiger partial charge in [0.05, 0.1) is 12.2 Å². The minimum Gasteiger partial charge on any atom is -0.375 e. The predicted molar refractivity (Wildman–Crippen MR) is 121 cm³/mol. The van der Waals surface area contributed by atoms with Crippen molar-refractivity contribution in [1.29, 1.82) is 0 Å². The third-order valence-corrected chi connectivity index (χ3v) is 8.56. The smallest absolute Gasteiger partial charge is 0.0603 e. The van der Waals surface area contributed by atoms with Crippen LogP contribution in [0.15, 0.2) is 0 Å². The van der Waals surface area contributed by atoms with Crippen LogP contribution in [0.2, 0.25) is 0 Å². The Morgan fingerprint density at radius 3 is 1.83 bits per heavy atom. The van der Waals surface area contributed by atoms with Crippen molar-refractivity contribution in [3.8, 4) is 0 Å². The van der Waals surface area contributed by atoms with Crippen LogP contribution in [-0.4, -0.2) is 86.3 Å². The van der Waals surface area contributed by atoms with E-state index in [1.165, 1.54) is 104 Å². The maximum absolute atomic E-state index is 6.50. The molecule has 4 heteroatoms. The highest BCUT2D eigenvalue weighted by molar-refractivity contribution is 4.86. The molecule has 3 heterocycles. The van der Waals surface area contributed by atoms with Crippen LogP contribution in [0, 0.1) is 23.7 Å². The lowest BCUT2D eigenvalue weighted by atomic mass is 9.80. The Labute approximate surface area is 180 Å². The molecule has 0 aromatic carbocycles. The molecule has 168 valence electrons. The highest BCUT2D eigenvalue weighted by atomic mass is 16.5. The van der Waals surface area contributed by atoms with Gasteiger partial charge >= 0.3 is 0 Å². The van der Waals surface area contributed by atoms with Crippen molar-refractivity contribution in [1.82, 2.24) is 14.7 Å². The summed E-state index contributed by atoms with van der Waals surface area (Å²) in [6, 6.07) is 0. The van der Waals surface area contributed by atoms with Gasteiger partial charge in [0.25, 0.3) is 0 Å². The number of likely N-dealkylation sites (tertiary alicyclic amines) is 3.